The van der Waals surface area contributed by atoms with Gasteiger partial charge < -0.3 is 10.3 Å². The first-order valence-corrected chi connectivity index (χ1v) is 5.56. The van der Waals surface area contributed by atoms with E-state index in [9.17, 15) is 0 Å². The van der Waals surface area contributed by atoms with Gasteiger partial charge in [-0.3, -0.25) is 4.98 Å². The normalized spacial score (nSPS) is 10.4. The van der Waals surface area contributed by atoms with Crippen molar-refractivity contribution in [2.45, 2.75) is 0 Å². The van der Waals surface area contributed by atoms with Crippen molar-refractivity contribution in [3.63, 3.8) is 0 Å². The van der Waals surface area contributed by atoms with Gasteiger partial charge in [0.1, 0.15) is 5.69 Å². The lowest BCUT2D eigenvalue weighted by Crippen LogP contribution is -1.83. The molecule has 0 radical (unpaired) electrons. The highest BCUT2D eigenvalue weighted by molar-refractivity contribution is 5.68. The second-order valence-electron chi connectivity index (χ2n) is 3.94. The van der Waals surface area contributed by atoms with Gasteiger partial charge in [0.05, 0.1) is 0 Å². The fraction of sp³-hybridized carbons (Fsp3) is 0. The van der Waals surface area contributed by atoms with Crippen molar-refractivity contribution in [1.29, 1.82) is 0 Å². The average molecular weight is 237 g/mol. The van der Waals surface area contributed by atoms with Crippen molar-refractivity contribution in [2.24, 2.45) is 0 Å². The molecule has 0 aliphatic rings. The number of benzene rings is 1. The summed E-state index contributed by atoms with van der Waals surface area (Å²) >= 11 is 0. The van der Waals surface area contributed by atoms with Crippen LogP contribution in [0.4, 0.5) is 5.69 Å². The van der Waals surface area contributed by atoms with E-state index in [1.807, 2.05) is 42.5 Å². The Bertz CT molecular complexity index is 662. The standard InChI is InChI=1S/C14H11N3O/c15-12-5-1-3-10(7-12)14-8-13(17-18-14)11-4-2-6-16-9-11/h1-9H,15H2. The fourth-order valence-corrected chi connectivity index (χ4v) is 1.75. The zero-order chi connectivity index (χ0) is 12.4. The third kappa shape index (κ3) is 1.96. The van der Waals surface area contributed by atoms with Crippen LogP contribution >= 0.6 is 0 Å². The highest BCUT2D eigenvalue weighted by Gasteiger charge is 2.08. The summed E-state index contributed by atoms with van der Waals surface area (Å²) in [4.78, 5) is 4.06. The number of aromatic nitrogens is 2. The number of hydrogen-bond acceptors (Lipinski definition) is 4. The van der Waals surface area contributed by atoms with Crippen LogP contribution in [0.2, 0.25) is 0 Å². The predicted molar refractivity (Wildman–Crippen MR) is 69.6 cm³/mol. The van der Waals surface area contributed by atoms with Gasteiger partial charge in [0.2, 0.25) is 0 Å². The summed E-state index contributed by atoms with van der Waals surface area (Å²) in [5, 5.41) is 4.04. The minimum Gasteiger partial charge on any atom is -0.399 e. The van der Waals surface area contributed by atoms with Gasteiger partial charge >= 0.3 is 0 Å². The Kier molecular flexibility index (Phi) is 2.53. The maximum Gasteiger partial charge on any atom is 0.167 e. The number of nitrogens with two attached hydrogens (primary N) is 1. The van der Waals surface area contributed by atoms with E-state index in [1.165, 1.54) is 0 Å². The van der Waals surface area contributed by atoms with Crippen LogP contribution in [0.25, 0.3) is 22.6 Å². The van der Waals surface area contributed by atoms with Crippen LogP contribution in [0.3, 0.4) is 0 Å². The third-order valence-electron chi connectivity index (χ3n) is 2.64. The van der Waals surface area contributed by atoms with Gasteiger partial charge in [0.15, 0.2) is 5.76 Å². The summed E-state index contributed by atoms with van der Waals surface area (Å²) in [5.74, 6) is 0.696. The minimum absolute atomic E-state index is 0.696. The van der Waals surface area contributed by atoms with Gasteiger partial charge in [0.25, 0.3) is 0 Å². The van der Waals surface area contributed by atoms with Crippen LogP contribution in [0.1, 0.15) is 0 Å². The van der Waals surface area contributed by atoms with Crippen LogP contribution < -0.4 is 5.73 Å². The molecule has 2 heterocycles. The fourth-order valence-electron chi connectivity index (χ4n) is 1.75. The zero-order valence-corrected chi connectivity index (χ0v) is 9.58. The van der Waals surface area contributed by atoms with Crippen LogP contribution in [-0.4, -0.2) is 10.1 Å². The number of pyridine rings is 1. The Morgan fingerprint density at radius 1 is 1.00 bits per heavy atom. The summed E-state index contributed by atoms with van der Waals surface area (Å²) in [6.45, 7) is 0. The average Bonchev–Trinajstić information content (AvgIpc) is 2.89. The lowest BCUT2D eigenvalue weighted by Gasteiger charge is -1.96. The Hall–Kier alpha value is -2.62. The third-order valence-corrected chi connectivity index (χ3v) is 2.64. The number of anilines is 1. The van der Waals surface area contributed by atoms with E-state index in [1.54, 1.807) is 12.4 Å². The van der Waals surface area contributed by atoms with Gasteiger partial charge in [-0.2, -0.15) is 0 Å². The lowest BCUT2D eigenvalue weighted by atomic mass is 10.1. The van der Waals surface area contributed by atoms with Crippen molar-refractivity contribution in [1.82, 2.24) is 10.1 Å². The summed E-state index contributed by atoms with van der Waals surface area (Å²) in [5.41, 5.74) is 9.05. The molecule has 0 saturated heterocycles. The largest absolute Gasteiger partial charge is 0.399 e. The number of rotatable bonds is 2. The van der Waals surface area contributed by atoms with Crippen molar-refractivity contribution >= 4 is 5.69 Å². The highest BCUT2D eigenvalue weighted by atomic mass is 16.5. The molecule has 88 valence electrons. The molecule has 4 heteroatoms. The van der Waals surface area contributed by atoms with Gasteiger partial charge in [-0.25, -0.2) is 0 Å². The van der Waals surface area contributed by atoms with Gasteiger partial charge in [-0.1, -0.05) is 17.3 Å². The molecule has 0 amide bonds. The number of nitrogen functional groups attached to an aromatic ring is 1. The molecule has 0 saturated carbocycles. The minimum atomic E-state index is 0.696. The Labute approximate surface area is 104 Å². The summed E-state index contributed by atoms with van der Waals surface area (Å²) < 4.78 is 5.33. The summed E-state index contributed by atoms with van der Waals surface area (Å²) in [6.07, 6.45) is 3.48. The molecule has 3 aromatic rings. The van der Waals surface area contributed by atoms with Crippen molar-refractivity contribution in [3.05, 3.63) is 54.9 Å². The Balaban J connectivity index is 2.00. The SMILES string of the molecule is Nc1cccc(-c2cc(-c3cccnc3)no2)c1. The zero-order valence-electron chi connectivity index (χ0n) is 9.58. The smallest absolute Gasteiger partial charge is 0.167 e. The highest BCUT2D eigenvalue weighted by Crippen LogP contribution is 2.26. The van der Waals surface area contributed by atoms with Crippen molar-refractivity contribution in [2.75, 3.05) is 5.73 Å². The van der Waals surface area contributed by atoms with Crippen LogP contribution in [-0.2, 0) is 0 Å². The van der Waals surface area contributed by atoms with E-state index in [4.69, 9.17) is 10.3 Å². The molecule has 18 heavy (non-hydrogen) atoms. The molecule has 0 aliphatic carbocycles. The molecule has 0 bridgehead atoms. The number of hydrogen-bond donors (Lipinski definition) is 1. The molecule has 4 nitrogen and oxygen atoms in total. The maximum atomic E-state index is 5.74. The van der Waals surface area contributed by atoms with Crippen molar-refractivity contribution < 1.29 is 4.52 Å². The molecule has 0 aliphatic heterocycles. The molecule has 0 spiro atoms. The van der Waals surface area contributed by atoms with Crippen molar-refractivity contribution in [3.8, 4) is 22.6 Å². The molecular formula is C14H11N3O. The molecule has 2 N–H and O–H groups in total. The summed E-state index contributed by atoms with van der Waals surface area (Å²) in [7, 11) is 0. The first-order valence-electron chi connectivity index (χ1n) is 5.56. The topological polar surface area (TPSA) is 64.9 Å². The van der Waals surface area contributed by atoms with E-state index in [0.29, 0.717) is 11.4 Å². The molecular weight excluding hydrogens is 226 g/mol. The quantitative estimate of drug-likeness (QED) is 0.696. The molecule has 0 unspecified atom stereocenters. The Morgan fingerprint density at radius 3 is 2.67 bits per heavy atom. The second-order valence-corrected chi connectivity index (χ2v) is 3.94. The molecule has 0 fully saturated rings. The first kappa shape index (κ1) is 10.5. The van der Waals surface area contributed by atoms with E-state index in [0.717, 1.165) is 16.8 Å². The monoisotopic (exact) mass is 237 g/mol. The van der Waals surface area contributed by atoms with E-state index in [-0.39, 0.29) is 0 Å². The maximum absolute atomic E-state index is 5.74. The van der Waals surface area contributed by atoms with E-state index < -0.39 is 0 Å². The summed E-state index contributed by atoms with van der Waals surface area (Å²) in [6, 6.07) is 13.2. The first-order chi connectivity index (χ1) is 8.83. The Morgan fingerprint density at radius 2 is 1.89 bits per heavy atom. The van der Waals surface area contributed by atoms with Gasteiger partial charge in [-0.15, -0.1) is 0 Å². The van der Waals surface area contributed by atoms with E-state index in [2.05, 4.69) is 10.1 Å². The van der Waals surface area contributed by atoms with Gasteiger partial charge in [-0.05, 0) is 24.3 Å². The molecule has 2 aromatic heterocycles. The molecule has 1 aromatic carbocycles. The lowest BCUT2D eigenvalue weighted by molar-refractivity contribution is 0.435. The van der Waals surface area contributed by atoms with Crippen LogP contribution in [0.5, 0.6) is 0 Å². The van der Waals surface area contributed by atoms with Crippen LogP contribution in [0.15, 0.2) is 59.4 Å². The molecule has 3 rings (SSSR count). The second kappa shape index (κ2) is 4.33. The van der Waals surface area contributed by atoms with E-state index >= 15 is 0 Å². The van der Waals surface area contributed by atoms with Gasteiger partial charge in [0, 0.05) is 35.3 Å². The number of nitrogens with zero attached hydrogens (tertiary/aromatic N) is 2. The predicted octanol–water partition coefficient (Wildman–Crippen LogP) is 2.99. The molecule has 0 atom stereocenters. The van der Waals surface area contributed by atoms with Crippen LogP contribution in [0, 0.1) is 0 Å².